The van der Waals surface area contributed by atoms with Gasteiger partial charge >= 0.3 is 0 Å². The Kier molecular flexibility index (Phi) is 7.57. The summed E-state index contributed by atoms with van der Waals surface area (Å²) in [4.78, 5) is 12.5. The van der Waals surface area contributed by atoms with Crippen LogP contribution in [-0.2, 0) is 14.8 Å². The molecule has 2 aromatic rings. The standard InChI is InChI=1S/C19H22Cl2N2O4S/c1-13-8-9-15(20)12-17(13)23(28(3,25)26)14(2)19(24)22-10-11-27-18-7-5-4-6-16(18)21/h4-9,12,14H,10-11H2,1-3H3,(H,22,24). The van der Waals surface area contributed by atoms with Crippen LogP contribution in [0.4, 0.5) is 5.69 Å². The fourth-order valence-corrected chi connectivity index (χ4v) is 4.23. The number of nitrogens with zero attached hydrogens (tertiary/aromatic N) is 1. The van der Waals surface area contributed by atoms with Crippen molar-refractivity contribution in [1.29, 1.82) is 0 Å². The van der Waals surface area contributed by atoms with Crippen molar-refractivity contribution in [2.75, 3.05) is 23.7 Å². The average Bonchev–Trinajstić information content (AvgIpc) is 2.61. The molecule has 0 aliphatic rings. The Hall–Kier alpha value is -1.96. The minimum atomic E-state index is -3.72. The highest BCUT2D eigenvalue weighted by atomic mass is 35.5. The first kappa shape index (κ1) is 22.3. The van der Waals surface area contributed by atoms with Crippen molar-refractivity contribution in [3.63, 3.8) is 0 Å². The van der Waals surface area contributed by atoms with E-state index in [1.54, 1.807) is 43.3 Å². The number of carbonyl (C=O) groups is 1. The van der Waals surface area contributed by atoms with Crippen LogP contribution in [0, 0.1) is 6.92 Å². The summed E-state index contributed by atoms with van der Waals surface area (Å²) in [7, 11) is -3.72. The van der Waals surface area contributed by atoms with E-state index in [1.807, 2.05) is 0 Å². The highest BCUT2D eigenvalue weighted by molar-refractivity contribution is 7.92. The fraction of sp³-hybridized carbons (Fsp3) is 0.316. The first-order valence-corrected chi connectivity index (χ1v) is 11.1. The molecule has 28 heavy (non-hydrogen) atoms. The molecule has 2 aromatic carbocycles. The van der Waals surface area contributed by atoms with Crippen molar-refractivity contribution in [2.45, 2.75) is 19.9 Å². The maximum absolute atomic E-state index is 12.5. The van der Waals surface area contributed by atoms with Gasteiger partial charge in [0.05, 0.1) is 23.5 Å². The van der Waals surface area contributed by atoms with Crippen LogP contribution >= 0.6 is 23.2 Å². The number of halogens is 2. The second-order valence-electron chi connectivity index (χ2n) is 6.24. The maximum atomic E-state index is 12.5. The molecule has 0 saturated heterocycles. The van der Waals surface area contributed by atoms with Crippen LogP contribution in [0.5, 0.6) is 5.75 Å². The third-order valence-electron chi connectivity index (χ3n) is 3.99. The number of hydrogen-bond acceptors (Lipinski definition) is 4. The van der Waals surface area contributed by atoms with Crippen molar-refractivity contribution in [1.82, 2.24) is 5.32 Å². The lowest BCUT2D eigenvalue weighted by Crippen LogP contribution is -2.48. The molecule has 152 valence electrons. The summed E-state index contributed by atoms with van der Waals surface area (Å²) in [5.74, 6) is 0.0614. The minimum Gasteiger partial charge on any atom is -0.490 e. The van der Waals surface area contributed by atoms with Crippen molar-refractivity contribution >= 4 is 44.8 Å². The van der Waals surface area contributed by atoms with E-state index in [-0.39, 0.29) is 13.2 Å². The second-order valence-corrected chi connectivity index (χ2v) is 8.94. The molecule has 0 aliphatic carbocycles. The highest BCUT2D eigenvalue weighted by Gasteiger charge is 2.30. The SMILES string of the molecule is Cc1ccc(Cl)cc1N(C(C)C(=O)NCCOc1ccccc1Cl)S(C)(=O)=O. The van der Waals surface area contributed by atoms with Gasteiger partial charge in [-0.3, -0.25) is 9.10 Å². The van der Waals surface area contributed by atoms with E-state index >= 15 is 0 Å². The van der Waals surface area contributed by atoms with E-state index in [2.05, 4.69) is 5.32 Å². The van der Waals surface area contributed by atoms with Gasteiger partial charge < -0.3 is 10.1 Å². The molecule has 9 heteroatoms. The van der Waals surface area contributed by atoms with E-state index in [0.717, 1.165) is 10.6 Å². The first-order valence-electron chi connectivity index (χ1n) is 8.52. The van der Waals surface area contributed by atoms with E-state index in [1.165, 1.54) is 13.0 Å². The summed E-state index contributed by atoms with van der Waals surface area (Å²) >= 11 is 12.0. The van der Waals surface area contributed by atoms with Gasteiger partial charge in [-0.05, 0) is 43.7 Å². The van der Waals surface area contributed by atoms with Crippen LogP contribution in [0.2, 0.25) is 10.0 Å². The van der Waals surface area contributed by atoms with Crippen molar-refractivity contribution < 1.29 is 17.9 Å². The predicted octanol–water partition coefficient (Wildman–Crippen LogP) is 3.65. The molecule has 0 bridgehead atoms. The molecule has 1 amide bonds. The lowest BCUT2D eigenvalue weighted by molar-refractivity contribution is -0.121. The zero-order chi connectivity index (χ0) is 20.9. The number of benzene rings is 2. The van der Waals surface area contributed by atoms with Gasteiger partial charge in [0.15, 0.2) is 0 Å². The number of nitrogens with one attached hydrogen (secondary N) is 1. The molecule has 0 radical (unpaired) electrons. The number of hydrogen-bond donors (Lipinski definition) is 1. The van der Waals surface area contributed by atoms with E-state index in [9.17, 15) is 13.2 Å². The lowest BCUT2D eigenvalue weighted by atomic mass is 10.2. The van der Waals surface area contributed by atoms with Crippen LogP contribution in [0.15, 0.2) is 42.5 Å². The molecule has 6 nitrogen and oxygen atoms in total. The van der Waals surface area contributed by atoms with Crippen LogP contribution in [0.25, 0.3) is 0 Å². The smallest absolute Gasteiger partial charge is 0.243 e. The monoisotopic (exact) mass is 444 g/mol. The predicted molar refractivity (Wildman–Crippen MR) is 113 cm³/mol. The summed E-state index contributed by atoms with van der Waals surface area (Å²) in [6.45, 7) is 3.66. The molecule has 1 unspecified atom stereocenters. The summed E-state index contributed by atoms with van der Waals surface area (Å²) in [6.07, 6.45) is 1.05. The maximum Gasteiger partial charge on any atom is 0.243 e. The molecule has 1 N–H and O–H groups in total. The molecule has 2 rings (SSSR count). The van der Waals surface area contributed by atoms with Crippen molar-refractivity contribution in [3.05, 3.63) is 58.1 Å². The third kappa shape index (κ3) is 5.77. The largest absolute Gasteiger partial charge is 0.490 e. The Balaban J connectivity index is 2.06. The van der Waals surface area contributed by atoms with Gasteiger partial charge in [0.2, 0.25) is 15.9 Å². The highest BCUT2D eigenvalue weighted by Crippen LogP contribution is 2.28. The summed E-state index contributed by atoms with van der Waals surface area (Å²) in [5, 5.41) is 3.54. The van der Waals surface area contributed by atoms with E-state index in [4.69, 9.17) is 27.9 Å². The van der Waals surface area contributed by atoms with Gasteiger partial charge in [0.1, 0.15) is 18.4 Å². The van der Waals surface area contributed by atoms with Crippen LogP contribution in [-0.4, -0.2) is 39.8 Å². The number of aryl methyl sites for hydroxylation is 1. The number of para-hydroxylation sites is 1. The van der Waals surface area contributed by atoms with Crippen LogP contribution in [0.1, 0.15) is 12.5 Å². The Labute approximate surface area is 175 Å². The Morgan fingerprint density at radius 3 is 2.54 bits per heavy atom. The number of ether oxygens (including phenoxy) is 1. The van der Waals surface area contributed by atoms with Crippen LogP contribution < -0.4 is 14.4 Å². The first-order chi connectivity index (χ1) is 13.1. The Morgan fingerprint density at radius 2 is 1.89 bits per heavy atom. The van der Waals surface area contributed by atoms with Crippen molar-refractivity contribution in [2.24, 2.45) is 0 Å². The number of sulfonamides is 1. The lowest BCUT2D eigenvalue weighted by Gasteiger charge is -2.29. The molecular weight excluding hydrogens is 423 g/mol. The van der Waals surface area contributed by atoms with E-state index < -0.39 is 22.0 Å². The molecule has 0 fully saturated rings. The molecule has 0 spiro atoms. The Morgan fingerprint density at radius 1 is 1.21 bits per heavy atom. The summed E-state index contributed by atoms with van der Waals surface area (Å²) in [6, 6.07) is 10.9. The van der Waals surface area contributed by atoms with Gasteiger partial charge in [-0.1, -0.05) is 41.4 Å². The normalized spacial score (nSPS) is 12.3. The molecule has 0 heterocycles. The number of anilines is 1. The van der Waals surface area contributed by atoms with E-state index in [0.29, 0.717) is 27.0 Å². The molecule has 0 aliphatic heterocycles. The Bertz CT molecular complexity index is 951. The molecular formula is C19H22Cl2N2O4S. The fourth-order valence-electron chi connectivity index (χ4n) is 2.65. The van der Waals surface area contributed by atoms with Gasteiger partial charge in [0, 0.05) is 5.02 Å². The van der Waals surface area contributed by atoms with Gasteiger partial charge in [-0.25, -0.2) is 8.42 Å². The van der Waals surface area contributed by atoms with Gasteiger partial charge in [-0.2, -0.15) is 0 Å². The van der Waals surface area contributed by atoms with Crippen LogP contribution in [0.3, 0.4) is 0 Å². The summed E-state index contributed by atoms with van der Waals surface area (Å²) < 4.78 is 31.3. The summed E-state index contributed by atoms with van der Waals surface area (Å²) in [5.41, 5.74) is 1.06. The molecule has 0 aromatic heterocycles. The number of carbonyl (C=O) groups excluding carboxylic acids is 1. The molecule has 0 saturated carbocycles. The molecule has 1 atom stereocenters. The number of rotatable bonds is 8. The van der Waals surface area contributed by atoms with Crippen molar-refractivity contribution in [3.8, 4) is 5.75 Å². The van der Waals surface area contributed by atoms with Gasteiger partial charge in [-0.15, -0.1) is 0 Å². The second kappa shape index (κ2) is 9.49. The quantitative estimate of drug-likeness (QED) is 0.630. The minimum absolute atomic E-state index is 0.192. The zero-order valence-corrected chi connectivity index (χ0v) is 18.1. The number of amides is 1. The topological polar surface area (TPSA) is 75.7 Å². The average molecular weight is 445 g/mol. The zero-order valence-electron chi connectivity index (χ0n) is 15.8. The third-order valence-corrected chi connectivity index (χ3v) is 5.77. The van der Waals surface area contributed by atoms with Gasteiger partial charge in [0.25, 0.3) is 0 Å².